The van der Waals surface area contributed by atoms with Gasteiger partial charge in [0.05, 0.1) is 4.90 Å². The highest BCUT2D eigenvalue weighted by atomic mass is 32.2. The van der Waals surface area contributed by atoms with Crippen LogP contribution < -0.4 is 11.1 Å². The number of hydrogen-bond donors (Lipinski definition) is 2. The topological polar surface area (TPSA) is 89.3 Å². The van der Waals surface area contributed by atoms with Crippen LogP contribution in [0.25, 0.3) is 0 Å². The summed E-state index contributed by atoms with van der Waals surface area (Å²) in [6.07, 6.45) is 5.02. The molecule has 0 aromatic heterocycles. The summed E-state index contributed by atoms with van der Waals surface area (Å²) in [6.45, 7) is 0. The van der Waals surface area contributed by atoms with Crippen molar-refractivity contribution < 1.29 is 22.0 Å². The second kappa shape index (κ2) is 6.99. The van der Waals surface area contributed by atoms with Gasteiger partial charge in [-0.3, -0.25) is 4.79 Å². The van der Waals surface area contributed by atoms with Crippen LogP contribution in [-0.2, 0) is 9.84 Å². The predicted molar refractivity (Wildman–Crippen MR) is 88.9 cm³/mol. The average Bonchev–Trinajstić information content (AvgIpc) is 2.55. The molecule has 0 aliphatic heterocycles. The Labute approximate surface area is 145 Å². The molecule has 138 valence electrons. The lowest BCUT2D eigenvalue weighted by Gasteiger charge is -2.45. The van der Waals surface area contributed by atoms with Crippen molar-refractivity contribution >= 4 is 15.7 Å². The highest BCUT2D eigenvalue weighted by molar-refractivity contribution is 7.91. The highest BCUT2D eigenvalue weighted by Crippen LogP contribution is 2.39. The lowest BCUT2D eigenvalue weighted by Crippen LogP contribution is -2.53. The fourth-order valence-electron chi connectivity index (χ4n) is 4.16. The summed E-state index contributed by atoms with van der Waals surface area (Å²) in [5.74, 6) is -3.05. The number of nitrogens with two attached hydrogens (primary N) is 1. The van der Waals surface area contributed by atoms with Gasteiger partial charge in [0.2, 0.25) is 9.84 Å². The smallest absolute Gasteiger partial charge is 0.341 e. The third kappa shape index (κ3) is 3.69. The minimum atomic E-state index is -4.64. The lowest BCUT2D eigenvalue weighted by molar-refractivity contribution is 0.0756. The van der Waals surface area contributed by atoms with E-state index in [9.17, 15) is 22.0 Å². The van der Waals surface area contributed by atoms with Gasteiger partial charge < -0.3 is 11.1 Å². The lowest BCUT2D eigenvalue weighted by atomic mass is 9.67. The first-order chi connectivity index (χ1) is 11.8. The minimum absolute atomic E-state index is 0.0746. The van der Waals surface area contributed by atoms with Crippen molar-refractivity contribution in [3.8, 4) is 0 Å². The molecule has 3 N–H and O–H groups in total. The Kier molecular flexibility index (Phi) is 5.11. The minimum Gasteiger partial charge on any atom is -0.349 e. The Hall–Kier alpha value is -1.54. The average molecular weight is 372 g/mol. The maximum absolute atomic E-state index is 12.6. The Morgan fingerprint density at radius 3 is 2.20 bits per heavy atom. The highest BCUT2D eigenvalue weighted by Gasteiger charge is 2.40. The quantitative estimate of drug-likeness (QED) is 0.849. The van der Waals surface area contributed by atoms with Crippen molar-refractivity contribution in [2.24, 2.45) is 17.6 Å². The molecule has 0 radical (unpaired) electrons. The molecule has 1 amide bonds. The number of nitrogens with one attached hydrogen (secondary N) is 1. The van der Waals surface area contributed by atoms with Crippen LogP contribution in [0, 0.1) is 11.8 Å². The number of hydrogen-bond acceptors (Lipinski definition) is 4. The van der Waals surface area contributed by atoms with Crippen LogP contribution >= 0.6 is 0 Å². The number of rotatable bonds is 4. The van der Waals surface area contributed by atoms with E-state index in [-0.39, 0.29) is 23.6 Å². The zero-order valence-corrected chi connectivity index (χ0v) is 14.5. The Bertz CT molecular complexity index is 723. The van der Waals surface area contributed by atoms with Gasteiger partial charge in [0.1, 0.15) is 0 Å². The summed E-state index contributed by atoms with van der Waals surface area (Å²) >= 11 is 0. The molecule has 1 aromatic rings. The first-order valence-corrected chi connectivity index (χ1v) is 10.0. The van der Waals surface area contributed by atoms with Gasteiger partial charge >= 0.3 is 5.76 Å². The third-order valence-electron chi connectivity index (χ3n) is 5.35. The number of alkyl halides is 2. The molecule has 3 rings (SSSR count). The summed E-state index contributed by atoms with van der Waals surface area (Å²) in [7, 11) is -4.64. The van der Waals surface area contributed by atoms with E-state index >= 15 is 0 Å². The monoisotopic (exact) mass is 372 g/mol. The van der Waals surface area contributed by atoms with E-state index < -0.39 is 20.5 Å². The molecule has 2 aliphatic rings. The largest absolute Gasteiger partial charge is 0.349 e. The Morgan fingerprint density at radius 2 is 1.68 bits per heavy atom. The zero-order valence-electron chi connectivity index (χ0n) is 13.7. The van der Waals surface area contributed by atoms with Crippen molar-refractivity contribution in [1.29, 1.82) is 0 Å². The molecule has 1 aromatic carbocycles. The summed E-state index contributed by atoms with van der Waals surface area (Å²) in [5.41, 5.74) is 6.35. The van der Waals surface area contributed by atoms with Crippen LogP contribution in [0.15, 0.2) is 29.2 Å². The van der Waals surface area contributed by atoms with Crippen molar-refractivity contribution in [3.05, 3.63) is 29.8 Å². The molecule has 2 saturated carbocycles. The molecular weight excluding hydrogens is 350 g/mol. The van der Waals surface area contributed by atoms with Gasteiger partial charge in [0.25, 0.3) is 5.91 Å². The third-order valence-corrected chi connectivity index (χ3v) is 6.75. The van der Waals surface area contributed by atoms with E-state index in [0.29, 0.717) is 11.8 Å². The molecule has 0 heterocycles. The van der Waals surface area contributed by atoms with Gasteiger partial charge in [-0.2, -0.15) is 8.78 Å². The van der Waals surface area contributed by atoms with Gasteiger partial charge in [-0.15, -0.1) is 0 Å². The zero-order chi connectivity index (χ0) is 18.2. The molecule has 2 atom stereocenters. The molecular formula is C17H22F2N2O3S. The summed E-state index contributed by atoms with van der Waals surface area (Å²) in [4.78, 5) is 12.0. The molecule has 25 heavy (non-hydrogen) atoms. The Morgan fingerprint density at radius 1 is 1.12 bits per heavy atom. The number of fused-ring (bicyclic) bond motifs is 2. The molecule has 0 saturated heterocycles. The number of sulfone groups is 1. The maximum Gasteiger partial charge on any atom is 0.341 e. The molecule has 2 aliphatic carbocycles. The van der Waals surface area contributed by atoms with E-state index in [1.54, 1.807) is 0 Å². The van der Waals surface area contributed by atoms with E-state index in [2.05, 4.69) is 5.32 Å². The number of carbonyl (C=O) groups is 1. The van der Waals surface area contributed by atoms with Crippen LogP contribution in [0.5, 0.6) is 0 Å². The van der Waals surface area contributed by atoms with E-state index in [4.69, 9.17) is 5.73 Å². The summed E-state index contributed by atoms with van der Waals surface area (Å²) in [5, 5.41) is 3.05. The van der Waals surface area contributed by atoms with Gasteiger partial charge in [-0.25, -0.2) is 8.42 Å². The van der Waals surface area contributed by atoms with Crippen molar-refractivity contribution in [1.82, 2.24) is 5.32 Å². The van der Waals surface area contributed by atoms with Crippen LogP contribution in [-0.4, -0.2) is 32.2 Å². The predicted octanol–water partition coefficient (Wildman–Crippen LogP) is 2.32. The van der Waals surface area contributed by atoms with E-state index in [0.717, 1.165) is 44.2 Å². The SMILES string of the molecule is NC1CC2CCCC(C1)C2NC(=O)c1ccc(S(=O)(=O)C(F)F)cc1. The fraction of sp³-hybridized carbons (Fsp3) is 0.588. The summed E-state index contributed by atoms with van der Waals surface area (Å²) in [6, 6.07) is 4.90. The fourth-order valence-corrected chi connectivity index (χ4v) is 4.88. The van der Waals surface area contributed by atoms with Crippen molar-refractivity contribution in [3.63, 3.8) is 0 Å². The van der Waals surface area contributed by atoms with Gasteiger partial charge in [0.15, 0.2) is 0 Å². The van der Waals surface area contributed by atoms with Crippen LogP contribution in [0.2, 0.25) is 0 Å². The van der Waals surface area contributed by atoms with Gasteiger partial charge in [-0.05, 0) is 61.8 Å². The Balaban J connectivity index is 1.72. The molecule has 0 spiro atoms. The first-order valence-electron chi connectivity index (χ1n) is 8.47. The van der Waals surface area contributed by atoms with Crippen LogP contribution in [0.1, 0.15) is 42.5 Å². The van der Waals surface area contributed by atoms with E-state index in [1.165, 1.54) is 12.1 Å². The number of benzene rings is 1. The van der Waals surface area contributed by atoms with E-state index in [1.807, 2.05) is 0 Å². The maximum atomic E-state index is 12.6. The number of amides is 1. The summed E-state index contributed by atoms with van der Waals surface area (Å²) < 4.78 is 48.0. The molecule has 2 bridgehead atoms. The van der Waals surface area contributed by atoms with Crippen LogP contribution in [0.3, 0.4) is 0 Å². The second-order valence-corrected chi connectivity index (χ2v) is 8.93. The van der Waals surface area contributed by atoms with Crippen LogP contribution in [0.4, 0.5) is 8.78 Å². The number of halogens is 2. The van der Waals surface area contributed by atoms with Crippen molar-refractivity contribution in [2.45, 2.75) is 54.8 Å². The normalized spacial score (nSPS) is 29.4. The van der Waals surface area contributed by atoms with Gasteiger partial charge in [0, 0.05) is 17.6 Å². The molecule has 2 unspecified atom stereocenters. The first kappa shape index (κ1) is 18.3. The van der Waals surface area contributed by atoms with Crippen molar-refractivity contribution in [2.75, 3.05) is 0 Å². The number of carbonyl (C=O) groups excluding carboxylic acids is 1. The standard InChI is InChI=1S/C17H22F2N2O3S/c18-17(19)25(23,24)14-6-4-10(5-7-14)16(22)21-15-11-2-1-3-12(15)9-13(20)8-11/h4-7,11-13,15,17H,1-3,8-9,20H2,(H,21,22). The second-order valence-electron chi connectivity index (χ2n) is 7.01. The molecule has 8 heteroatoms. The molecule has 5 nitrogen and oxygen atoms in total. The van der Waals surface area contributed by atoms with Gasteiger partial charge in [-0.1, -0.05) is 6.42 Å². The molecule has 2 fully saturated rings.